The Morgan fingerprint density at radius 2 is 2.06 bits per heavy atom. The number of aromatic hydroxyl groups is 1. The highest BCUT2D eigenvalue weighted by atomic mass is 79.9. The van der Waals surface area contributed by atoms with Crippen molar-refractivity contribution in [2.24, 2.45) is 0 Å². The van der Waals surface area contributed by atoms with Gasteiger partial charge >= 0.3 is 5.97 Å². The number of rotatable bonds is 4. The Balaban J connectivity index is 3.33. The van der Waals surface area contributed by atoms with Gasteiger partial charge in [0.15, 0.2) is 11.5 Å². The molecule has 0 unspecified atom stereocenters. The van der Waals surface area contributed by atoms with Crippen LogP contribution >= 0.6 is 15.9 Å². The maximum Gasteiger partial charge on any atom is 0.304 e. The molecule has 0 aliphatic heterocycles. The van der Waals surface area contributed by atoms with Crippen molar-refractivity contribution < 1.29 is 19.7 Å². The average molecular weight is 303 g/mol. The molecule has 2 N–H and O–H groups in total. The van der Waals surface area contributed by atoms with Crippen LogP contribution in [0.5, 0.6) is 11.5 Å². The topological polar surface area (TPSA) is 66.8 Å². The summed E-state index contributed by atoms with van der Waals surface area (Å²) in [5.74, 6) is -0.598. The highest BCUT2D eigenvalue weighted by molar-refractivity contribution is 9.10. The summed E-state index contributed by atoms with van der Waals surface area (Å²) in [6.07, 6.45) is -0.0771. The zero-order valence-electron chi connectivity index (χ0n) is 9.95. The summed E-state index contributed by atoms with van der Waals surface area (Å²) in [4.78, 5) is 10.8. The summed E-state index contributed by atoms with van der Waals surface area (Å²) < 4.78 is 5.69. The minimum Gasteiger partial charge on any atom is -0.504 e. The van der Waals surface area contributed by atoms with Crippen LogP contribution in [-0.4, -0.2) is 23.3 Å². The number of ether oxygens (including phenoxy) is 1. The van der Waals surface area contributed by atoms with Crippen molar-refractivity contribution in [1.82, 2.24) is 0 Å². The van der Waals surface area contributed by atoms with Crippen LogP contribution in [0.2, 0.25) is 0 Å². The van der Waals surface area contributed by atoms with E-state index in [4.69, 9.17) is 9.84 Å². The number of phenols is 1. The van der Waals surface area contributed by atoms with E-state index in [2.05, 4.69) is 15.9 Å². The van der Waals surface area contributed by atoms with E-state index in [0.29, 0.717) is 15.8 Å². The zero-order valence-corrected chi connectivity index (χ0v) is 11.5. The number of carbonyl (C=O) groups is 1. The fourth-order valence-corrected chi connectivity index (χ4v) is 2.68. The molecule has 0 fully saturated rings. The van der Waals surface area contributed by atoms with Gasteiger partial charge in [0.1, 0.15) is 0 Å². The molecule has 17 heavy (non-hydrogen) atoms. The number of benzene rings is 1. The molecule has 0 amide bonds. The molecular weight excluding hydrogens is 288 g/mol. The lowest BCUT2D eigenvalue weighted by molar-refractivity contribution is -0.138. The lowest BCUT2D eigenvalue weighted by Crippen LogP contribution is -2.22. The molecule has 0 atom stereocenters. The number of hydrogen-bond acceptors (Lipinski definition) is 3. The van der Waals surface area contributed by atoms with Crippen LogP contribution in [0.25, 0.3) is 0 Å². The fraction of sp³-hybridized carbons (Fsp3) is 0.417. The number of phenolic OH excluding ortho intramolecular Hbond substituents is 1. The smallest absolute Gasteiger partial charge is 0.304 e. The molecule has 0 aliphatic carbocycles. The van der Waals surface area contributed by atoms with Crippen molar-refractivity contribution in [3.8, 4) is 11.5 Å². The van der Waals surface area contributed by atoms with Gasteiger partial charge in [0.25, 0.3) is 0 Å². The Kier molecular flexibility index (Phi) is 4.03. The predicted octanol–water partition coefficient (Wildman–Crippen LogP) is 2.92. The van der Waals surface area contributed by atoms with Crippen molar-refractivity contribution in [2.45, 2.75) is 25.7 Å². The molecule has 1 aromatic carbocycles. The van der Waals surface area contributed by atoms with Gasteiger partial charge in [-0.1, -0.05) is 29.8 Å². The molecule has 0 radical (unpaired) electrons. The molecule has 0 saturated carbocycles. The second-order valence-corrected chi connectivity index (χ2v) is 5.28. The molecule has 0 heterocycles. The number of carboxylic acid groups (broad SMARTS) is 1. The fourth-order valence-electron chi connectivity index (χ4n) is 1.82. The second-order valence-electron chi connectivity index (χ2n) is 4.43. The summed E-state index contributed by atoms with van der Waals surface area (Å²) in [5.41, 5.74) is -0.150. The molecule has 5 heteroatoms. The van der Waals surface area contributed by atoms with Crippen molar-refractivity contribution >= 4 is 21.9 Å². The van der Waals surface area contributed by atoms with Crippen molar-refractivity contribution in [2.75, 3.05) is 7.11 Å². The van der Waals surface area contributed by atoms with Gasteiger partial charge in [-0.15, -0.1) is 0 Å². The van der Waals surface area contributed by atoms with Gasteiger partial charge in [-0.2, -0.15) is 0 Å². The van der Waals surface area contributed by atoms with Crippen LogP contribution in [0.15, 0.2) is 16.6 Å². The average Bonchev–Trinajstić information content (AvgIpc) is 2.15. The first-order valence-electron chi connectivity index (χ1n) is 5.07. The maximum absolute atomic E-state index is 10.8. The first-order chi connectivity index (χ1) is 7.79. The van der Waals surface area contributed by atoms with Crippen LogP contribution in [0.1, 0.15) is 25.8 Å². The molecule has 4 nitrogen and oxygen atoms in total. The molecule has 94 valence electrons. The number of aliphatic carboxylic acids is 1. The van der Waals surface area contributed by atoms with Crippen LogP contribution in [0.4, 0.5) is 0 Å². The Labute approximate surface area is 108 Å². The summed E-state index contributed by atoms with van der Waals surface area (Å²) in [6.45, 7) is 3.53. The van der Waals surface area contributed by atoms with Crippen LogP contribution in [0.3, 0.4) is 0 Å². The van der Waals surface area contributed by atoms with E-state index in [1.165, 1.54) is 7.11 Å². The minimum atomic E-state index is -0.913. The Morgan fingerprint density at radius 3 is 2.53 bits per heavy atom. The number of methoxy groups -OCH3 is 1. The van der Waals surface area contributed by atoms with Crippen molar-refractivity contribution in [3.63, 3.8) is 0 Å². The minimum absolute atomic E-state index is 0.0203. The van der Waals surface area contributed by atoms with Gasteiger partial charge < -0.3 is 14.9 Å². The SMILES string of the molecule is COc1ccc(Br)c(C(C)(C)CC(=O)O)c1O. The van der Waals surface area contributed by atoms with Gasteiger partial charge in [0.05, 0.1) is 13.5 Å². The normalized spacial score (nSPS) is 11.3. The lowest BCUT2D eigenvalue weighted by Gasteiger charge is -2.26. The van der Waals surface area contributed by atoms with E-state index in [1.807, 2.05) is 0 Å². The number of halogens is 1. The van der Waals surface area contributed by atoms with E-state index in [1.54, 1.807) is 26.0 Å². The van der Waals surface area contributed by atoms with Crippen LogP contribution in [0, 0.1) is 0 Å². The standard InChI is InChI=1S/C12H15BrO4/c1-12(2,6-9(14)15)10-7(13)4-5-8(17-3)11(10)16/h4-5,16H,6H2,1-3H3,(H,14,15). The van der Waals surface area contributed by atoms with Crippen LogP contribution < -0.4 is 4.74 Å². The highest BCUT2D eigenvalue weighted by Gasteiger charge is 2.30. The van der Waals surface area contributed by atoms with E-state index in [0.717, 1.165) is 0 Å². The molecule has 0 saturated heterocycles. The first-order valence-corrected chi connectivity index (χ1v) is 5.86. The van der Waals surface area contributed by atoms with E-state index >= 15 is 0 Å². The summed E-state index contributed by atoms with van der Waals surface area (Å²) in [6, 6.07) is 3.36. The first kappa shape index (κ1) is 13.8. The summed E-state index contributed by atoms with van der Waals surface area (Å²) in [5, 5.41) is 19.0. The van der Waals surface area contributed by atoms with Gasteiger partial charge in [-0.05, 0) is 12.1 Å². The Morgan fingerprint density at radius 1 is 1.47 bits per heavy atom. The second kappa shape index (κ2) is 4.96. The molecule has 0 bridgehead atoms. The number of carboxylic acids is 1. The summed E-state index contributed by atoms with van der Waals surface area (Å²) >= 11 is 3.33. The molecular formula is C12H15BrO4. The Bertz CT molecular complexity index is 440. The van der Waals surface area contributed by atoms with E-state index in [-0.39, 0.29) is 12.2 Å². The molecule has 0 aromatic heterocycles. The molecule has 0 spiro atoms. The van der Waals surface area contributed by atoms with Gasteiger partial charge in [-0.25, -0.2) is 0 Å². The monoisotopic (exact) mass is 302 g/mol. The predicted molar refractivity (Wildman–Crippen MR) is 67.6 cm³/mol. The van der Waals surface area contributed by atoms with Crippen molar-refractivity contribution in [1.29, 1.82) is 0 Å². The van der Waals surface area contributed by atoms with Gasteiger partial charge in [0.2, 0.25) is 0 Å². The third kappa shape index (κ3) is 2.91. The number of hydrogen-bond donors (Lipinski definition) is 2. The largest absolute Gasteiger partial charge is 0.504 e. The third-order valence-corrected chi connectivity index (χ3v) is 3.24. The third-order valence-electron chi connectivity index (χ3n) is 2.58. The quantitative estimate of drug-likeness (QED) is 0.897. The van der Waals surface area contributed by atoms with E-state index < -0.39 is 11.4 Å². The molecule has 1 rings (SSSR count). The Hall–Kier alpha value is -1.23. The highest BCUT2D eigenvalue weighted by Crippen LogP contribution is 2.43. The molecule has 0 aliphatic rings. The zero-order chi connectivity index (χ0) is 13.2. The molecule has 1 aromatic rings. The van der Waals surface area contributed by atoms with E-state index in [9.17, 15) is 9.90 Å². The van der Waals surface area contributed by atoms with Crippen molar-refractivity contribution in [3.05, 3.63) is 22.2 Å². The maximum atomic E-state index is 10.8. The summed E-state index contributed by atoms with van der Waals surface area (Å²) in [7, 11) is 1.46. The van der Waals surface area contributed by atoms with Gasteiger partial charge in [-0.3, -0.25) is 4.79 Å². The van der Waals surface area contributed by atoms with Gasteiger partial charge in [0, 0.05) is 15.5 Å². The lowest BCUT2D eigenvalue weighted by atomic mass is 9.81. The van der Waals surface area contributed by atoms with Crippen LogP contribution in [-0.2, 0) is 10.2 Å².